The van der Waals surface area contributed by atoms with Crippen LogP contribution in [0.25, 0.3) is 0 Å². The number of piperazine rings is 1. The molecule has 1 aliphatic rings. The van der Waals surface area contributed by atoms with Gasteiger partial charge in [-0.05, 0) is 24.7 Å². The van der Waals surface area contributed by atoms with Gasteiger partial charge in [-0.2, -0.15) is 0 Å². The van der Waals surface area contributed by atoms with E-state index in [0.29, 0.717) is 30.0 Å². The molecule has 0 atom stereocenters. The molecule has 1 aromatic carbocycles. The molecule has 0 radical (unpaired) electrons. The predicted molar refractivity (Wildman–Crippen MR) is 91.9 cm³/mol. The first-order valence-electron chi connectivity index (χ1n) is 8.25. The molecular weight excluding hydrogens is 326 g/mol. The molecule has 1 saturated heterocycles. The van der Waals surface area contributed by atoms with E-state index in [1.54, 1.807) is 6.07 Å². The van der Waals surface area contributed by atoms with Gasteiger partial charge in [0.15, 0.2) is 11.6 Å². The molecular formula is C18H20F2N4O. The van der Waals surface area contributed by atoms with Crippen LogP contribution >= 0.6 is 0 Å². The summed E-state index contributed by atoms with van der Waals surface area (Å²) in [5, 5.41) is 2.94. The number of nitrogens with one attached hydrogen (secondary N) is 1. The van der Waals surface area contributed by atoms with Crippen molar-refractivity contribution in [2.75, 3.05) is 38.0 Å². The van der Waals surface area contributed by atoms with Gasteiger partial charge in [0.2, 0.25) is 0 Å². The Hall–Kier alpha value is -2.54. The maximum absolute atomic E-state index is 13.3. The molecule has 1 amide bonds. The van der Waals surface area contributed by atoms with E-state index in [2.05, 4.69) is 22.1 Å². The molecule has 5 nitrogen and oxygen atoms in total. The maximum Gasteiger partial charge on any atom is 0.255 e. The van der Waals surface area contributed by atoms with Gasteiger partial charge in [-0.1, -0.05) is 6.92 Å². The zero-order valence-corrected chi connectivity index (χ0v) is 14.0. The Morgan fingerprint density at radius 2 is 1.84 bits per heavy atom. The van der Waals surface area contributed by atoms with Gasteiger partial charge in [0.05, 0.1) is 17.4 Å². The predicted octanol–water partition coefficient (Wildman–Crippen LogP) is 2.88. The van der Waals surface area contributed by atoms with Gasteiger partial charge < -0.3 is 15.1 Å². The summed E-state index contributed by atoms with van der Waals surface area (Å²) < 4.78 is 26.3. The smallest absolute Gasteiger partial charge is 0.255 e. The lowest BCUT2D eigenvalue weighted by Gasteiger charge is -2.34. The van der Waals surface area contributed by atoms with Gasteiger partial charge in [-0.3, -0.25) is 9.78 Å². The Kier molecular flexibility index (Phi) is 5.23. The van der Waals surface area contributed by atoms with Crippen LogP contribution in [0.1, 0.15) is 17.3 Å². The summed E-state index contributed by atoms with van der Waals surface area (Å²) in [4.78, 5) is 20.8. The molecule has 0 saturated carbocycles. The number of benzene rings is 1. The van der Waals surface area contributed by atoms with Crippen LogP contribution in [0.2, 0.25) is 0 Å². The third-order valence-corrected chi connectivity index (χ3v) is 4.30. The van der Waals surface area contributed by atoms with Crippen LogP contribution in [0.4, 0.5) is 20.2 Å². The number of aromatic nitrogens is 1. The van der Waals surface area contributed by atoms with Crippen molar-refractivity contribution in [2.24, 2.45) is 0 Å². The van der Waals surface area contributed by atoms with Crippen molar-refractivity contribution in [3.05, 3.63) is 53.9 Å². The van der Waals surface area contributed by atoms with Crippen LogP contribution in [0, 0.1) is 11.6 Å². The number of rotatable bonds is 4. The Balaban J connectivity index is 1.70. The monoisotopic (exact) mass is 346 g/mol. The highest BCUT2D eigenvalue weighted by Gasteiger charge is 2.21. The lowest BCUT2D eigenvalue weighted by Crippen LogP contribution is -2.48. The average Bonchev–Trinajstić information content (AvgIpc) is 2.64. The molecule has 3 rings (SSSR count). The van der Waals surface area contributed by atoms with E-state index in [4.69, 9.17) is 0 Å². The van der Waals surface area contributed by atoms with E-state index in [1.165, 1.54) is 18.5 Å². The fourth-order valence-corrected chi connectivity index (χ4v) is 2.82. The Bertz CT molecular complexity index is 760. The molecule has 1 N–H and O–H groups in total. The maximum atomic E-state index is 13.3. The molecule has 2 heterocycles. The second-order valence-electron chi connectivity index (χ2n) is 5.94. The number of nitrogens with zero attached hydrogens (tertiary/aromatic N) is 3. The van der Waals surface area contributed by atoms with E-state index in [-0.39, 0.29) is 5.91 Å². The van der Waals surface area contributed by atoms with Crippen molar-refractivity contribution in [1.82, 2.24) is 14.8 Å². The summed E-state index contributed by atoms with van der Waals surface area (Å²) in [5.74, 6) is -1.91. The summed E-state index contributed by atoms with van der Waals surface area (Å²) in [6, 6.07) is 5.21. The number of pyridine rings is 1. The number of hydrogen-bond donors (Lipinski definition) is 1. The molecule has 7 heteroatoms. The lowest BCUT2D eigenvalue weighted by molar-refractivity contribution is 0.0643. The van der Waals surface area contributed by atoms with Gasteiger partial charge >= 0.3 is 0 Å². The summed E-state index contributed by atoms with van der Waals surface area (Å²) in [7, 11) is 0. The number of anilines is 2. The lowest BCUT2D eigenvalue weighted by atomic mass is 10.2. The zero-order valence-electron chi connectivity index (χ0n) is 14.0. The SMILES string of the molecule is CCN1CCN(C(=O)c2cncc(Nc3ccc(F)c(F)c3)c2)CC1. The first-order chi connectivity index (χ1) is 12.1. The Labute approximate surface area is 145 Å². The second-order valence-corrected chi connectivity index (χ2v) is 5.94. The first kappa shape index (κ1) is 17.3. The topological polar surface area (TPSA) is 48.5 Å². The van der Waals surface area contributed by atoms with Crippen LogP contribution in [-0.4, -0.2) is 53.4 Å². The standard InChI is InChI=1S/C18H20F2N4O/c1-2-23-5-7-24(8-6-23)18(25)13-9-15(12-21-11-13)22-14-3-4-16(19)17(20)10-14/h3-4,9-12,22H,2,5-8H2,1H3. The summed E-state index contributed by atoms with van der Waals surface area (Å²) >= 11 is 0. The molecule has 0 bridgehead atoms. The molecule has 25 heavy (non-hydrogen) atoms. The molecule has 2 aromatic rings. The van der Waals surface area contributed by atoms with Gasteiger partial charge in [0.25, 0.3) is 5.91 Å². The normalized spacial score (nSPS) is 15.2. The van der Waals surface area contributed by atoms with E-state index < -0.39 is 11.6 Å². The van der Waals surface area contributed by atoms with E-state index in [1.807, 2.05) is 4.90 Å². The summed E-state index contributed by atoms with van der Waals surface area (Å²) in [6.45, 7) is 6.19. The Morgan fingerprint density at radius 3 is 2.52 bits per heavy atom. The molecule has 132 valence electrons. The molecule has 0 spiro atoms. The van der Waals surface area contributed by atoms with Crippen LogP contribution < -0.4 is 5.32 Å². The van der Waals surface area contributed by atoms with Crippen molar-refractivity contribution in [3.63, 3.8) is 0 Å². The average molecular weight is 346 g/mol. The van der Waals surface area contributed by atoms with Gasteiger partial charge in [0, 0.05) is 44.1 Å². The molecule has 0 unspecified atom stereocenters. The van der Waals surface area contributed by atoms with Crippen molar-refractivity contribution < 1.29 is 13.6 Å². The van der Waals surface area contributed by atoms with Crippen molar-refractivity contribution in [1.29, 1.82) is 0 Å². The second kappa shape index (κ2) is 7.57. The highest BCUT2D eigenvalue weighted by molar-refractivity contribution is 5.95. The largest absolute Gasteiger partial charge is 0.354 e. The summed E-state index contributed by atoms with van der Waals surface area (Å²) in [6.07, 6.45) is 3.05. The zero-order chi connectivity index (χ0) is 17.8. The number of likely N-dealkylation sites (N-methyl/N-ethyl adjacent to an activating group) is 1. The minimum Gasteiger partial charge on any atom is -0.354 e. The molecule has 1 fully saturated rings. The van der Waals surface area contributed by atoms with Crippen LogP contribution in [0.3, 0.4) is 0 Å². The fraction of sp³-hybridized carbons (Fsp3) is 0.333. The van der Waals surface area contributed by atoms with Crippen molar-refractivity contribution in [3.8, 4) is 0 Å². The third kappa shape index (κ3) is 4.11. The molecule has 1 aromatic heterocycles. The molecule has 1 aliphatic heterocycles. The van der Waals surface area contributed by atoms with Gasteiger partial charge in [0.1, 0.15) is 0 Å². The van der Waals surface area contributed by atoms with Gasteiger partial charge in [-0.25, -0.2) is 8.78 Å². The quantitative estimate of drug-likeness (QED) is 0.925. The number of hydrogen-bond acceptors (Lipinski definition) is 4. The highest BCUT2D eigenvalue weighted by Crippen LogP contribution is 2.20. The van der Waals surface area contributed by atoms with Crippen LogP contribution in [0.15, 0.2) is 36.7 Å². The van der Waals surface area contributed by atoms with Crippen molar-refractivity contribution in [2.45, 2.75) is 6.92 Å². The number of carbonyl (C=O) groups excluding carboxylic acids is 1. The summed E-state index contributed by atoms with van der Waals surface area (Å²) in [5.41, 5.74) is 1.41. The van der Waals surface area contributed by atoms with Crippen molar-refractivity contribution >= 4 is 17.3 Å². The van der Waals surface area contributed by atoms with E-state index >= 15 is 0 Å². The minimum absolute atomic E-state index is 0.0720. The van der Waals surface area contributed by atoms with E-state index in [9.17, 15) is 13.6 Å². The van der Waals surface area contributed by atoms with Gasteiger partial charge in [-0.15, -0.1) is 0 Å². The highest BCUT2D eigenvalue weighted by atomic mass is 19.2. The third-order valence-electron chi connectivity index (χ3n) is 4.30. The van der Waals surface area contributed by atoms with Crippen LogP contribution in [0.5, 0.6) is 0 Å². The Morgan fingerprint density at radius 1 is 1.08 bits per heavy atom. The molecule has 0 aliphatic carbocycles. The van der Waals surface area contributed by atoms with Crippen LogP contribution in [-0.2, 0) is 0 Å². The fourth-order valence-electron chi connectivity index (χ4n) is 2.82. The van der Waals surface area contributed by atoms with E-state index in [0.717, 1.165) is 31.8 Å². The first-order valence-corrected chi connectivity index (χ1v) is 8.25. The number of carbonyl (C=O) groups is 1. The number of halogens is 2. The number of amides is 1. The minimum atomic E-state index is -0.931.